The molecule has 0 radical (unpaired) electrons. The number of anilines is 1. The number of carbonyl (C=O) groups is 2. The summed E-state index contributed by atoms with van der Waals surface area (Å²) in [4.78, 5) is 29.1. The lowest BCUT2D eigenvalue weighted by Gasteiger charge is -2.24. The molecule has 1 rings (SSSR count). The molecule has 0 aliphatic carbocycles. The summed E-state index contributed by atoms with van der Waals surface area (Å²) in [6.07, 6.45) is 0. The fourth-order valence-corrected chi connectivity index (χ4v) is 2.13. The molecule has 2 amide bonds. The van der Waals surface area contributed by atoms with Crippen LogP contribution in [-0.2, 0) is 4.79 Å². The Kier molecular flexibility index (Phi) is 4.66. The van der Waals surface area contributed by atoms with Crippen LogP contribution in [0.4, 0.5) is 9.93 Å². The Bertz CT molecular complexity index is 437. The molecule has 0 saturated carbocycles. The first-order chi connectivity index (χ1) is 8.31. The van der Waals surface area contributed by atoms with Crippen LogP contribution in [0.3, 0.4) is 0 Å². The van der Waals surface area contributed by atoms with Gasteiger partial charge in [-0.05, 0) is 27.7 Å². The second-order valence-corrected chi connectivity index (χ2v) is 5.41. The van der Waals surface area contributed by atoms with Gasteiger partial charge in [-0.15, -0.1) is 11.3 Å². The standard InChI is InChI=1S/C11H17N3O3S/c1-6(2)14(5-9(15)16)11(17)13-10-12-7(3)8(4)18-10/h6H,5H2,1-4H3,(H,15,16)(H,12,13,17). The van der Waals surface area contributed by atoms with E-state index in [-0.39, 0.29) is 12.6 Å². The molecular weight excluding hydrogens is 254 g/mol. The van der Waals surface area contributed by atoms with Gasteiger partial charge in [-0.2, -0.15) is 0 Å². The van der Waals surface area contributed by atoms with Crippen molar-refractivity contribution in [2.24, 2.45) is 0 Å². The summed E-state index contributed by atoms with van der Waals surface area (Å²) in [6, 6.07) is -0.635. The minimum atomic E-state index is -1.04. The lowest BCUT2D eigenvalue weighted by molar-refractivity contribution is -0.137. The number of aromatic nitrogens is 1. The van der Waals surface area contributed by atoms with Gasteiger partial charge < -0.3 is 10.0 Å². The lowest BCUT2D eigenvalue weighted by atomic mass is 10.3. The topological polar surface area (TPSA) is 82.5 Å². The van der Waals surface area contributed by atoms with Crippen LogP contribution in [0.5, 0.6) is 0 Å². The maximum Gasteiger partial charge on any atom is 0.324 e. The molecule has 0 unspecified atom stereocenters. The largest absolute Gasteiger partial charge is 0.480 e. The molecule has 0 atom stereocenters. The van der Waals surface area contributed by atoms with Crippen molar-refractivity contribution in [1.29, 1.82) is 0 Å². The number of aliphatic carboxylic acids is 1. The summed E-state index contributed by atoms with van der Waals surface area (Å²) in [6.45, 7) is 6.98. The highest BCUT2D eigenvalue weighted by atomic mass is 32.1. The highest BCUT2D eigenvalue weighted by Crippen LogP contribution is 2.21. The van der Waals surface area contributed by atoms with E-state index in [4.69, 9.17) is 5.11 Å². The van der Waals surface area contributed by atoms with Crippen molar-refractivity contribution < 1.29 is 14.7 Å². The summed E-state index contributed by atoms with van der Waals surface area (Å²) in [5.41, 5.74) is 0.865. The molecule has 0 fully saturated rings. The number of aryl methyl sites for hydroxylation is 2. The van der Waals surface area contributed by atoms with Crippen molar-refractivity contribution in [2.75, 3.05) is 11.9 Å². The zero-order valence-electron chi connectivity index (χ0n) is 10.9. The maximum absolute atomic E-state index is 11.9. The Morgan fingerprint density at radius 3 is 2.44 bits per heavy atom. The third-order valence-electron chi connectivity index (χ3n) is 2.43. The average molecular weight is 271 g/mol. The second-order valence-electron chi connectivity index (χ2n) is 4.21. The van der Waals surface area contributed by atoms with E-state index in [1.165, 1.54) is 16.2 Å². The molecule has 0 bridgehead atoms. The SMILES string of the molecule is Cc1nc(NC(=O)N(CC(=O)O)C(C)C)sc1C. The van der Waals surface area contributed by atoms with Crippen molar-refractivity contribution in [1.82, 2.24) is 9.88 Å². The third-order valence-corrected chi connectivity index (χ3v) is 3.42. The van der Waals surface area contributed by atoms with E-state index in [0.717, 1.165) is 10.6 Å². The zero-order chi connectivity index (χ0) is 13.9. The number of hydrogen-bond donors (Lipinski definition) is 2. The van der Waals surface area contributed by atoms with E-state index < -0.39 is 12.0 Å². The van der Waals surface area contributed by atoms with Gasteiger partial charge >= 0.3 is 12.0 Å². The molecular formula is C11H17N3O3S. The van der Waals surface area contributed by atoms with Crippen molar-refractivity contribution >= 4 is 28.5 Å². The van der Waals surface area contributed by atoms with Gasteiger partial charge in [0.05, 0.1) is 5.69 Å². The van der Waals surface area contributed by atoms with E-state index in [2.05, 4.69) is 10.3 Å². The van der Waals surface area contributed by atoms with Crippen LogP contribution in [0, 0.1) is 13.8 Å². The van der Waals surface area contributed by atoms with Crippen LogP contribution in [0.15, 0.2) is 0 Å². The number of rotatable bonds is 4. The maximum atomic E-state index is 11.9. The number of nitrogens with one attached hydrogen (secondary N) is 1. The number of nitrogens with zero attached hydrogens (tertiary/aromatic N) is 2. The Morgan fingerprint density at radius 2 is 2.06 bits per heavy atom. The first-order valence-electron chi connectivity index (χ1n) is 5.54. The van der Waals surface area contributed by atoms with E-state index in [0.29, 0.717) is 5.13 Å². The van der Waals surface area contributed by atoms with Gasteiger partial charge in [-0.1, -0.05) is 0 Å². The summed E-state index contributed by atoms with van der Waals surface area (Å²) in [5, 5.41) is 11.9. The molecule has 2 N–H and O–H groups in total. The minimum absolute atomic E-state index is 0.191. The van der Waals surface area contributed by atoms with Crippen LogP contribution >= 0.6 is 11.3 Å². The van der Waals surface area contributed by atoms with Gasteiger partial charge in [0.25, 0.3) is 0 Å². The van der Waals surface area contributed by atoms with Gasteiger partial charge in [-0.25, -0.2) is 9.78 Å². The smallest absolute Gasteiger partial charge is 0.324 e. The molecule has 1 aromatic heterocycles. The van der Waals surface area contributed by atoms with Gasteiger partial charge in [-0.3, -0.25) is 10.1 Å². The predicted molar refractivity (Wildman–Crippen MR) is 70.1 cm³/mol. The third kappa shape index (κ3) is 3.69. The first-order valence-corrected chi connectivity index (χ1v) is 6.36. The predicted octanol–water partition coefficient (Wildman–Crippen LogP) is 2.09. The molecule has 0 aliphatic rings. The van der Waals surface area contributed by atoms with Crippen molar-refractivity contribution in [3.63, 3.8) is 0 Å². The normalized spacial score (nSPS) is 10.5. The number of urea groups is 1. The van der Waals surface area contributed by atoms with Gasteiger partial charge in [0, 0.05) is 10.9 Å². The fraction of sp³-hybridized carbons (Fsp3) is 0.545. The van der Waals surface area contributed by atoms with Gasteiger partial charge in [0.2, 0.25) is 0 Å². The summed E-state index contributed by atoms with van der Waals surface area (Å²) >= 11 is 1.37. The molecule has 0 aromatic carbocycles. The van der Waals surface area contributed by atoms with Crippen LogP contribution in [0.25, 0.3) is 0 Å². The van der Waals surface area contributed by atoms with E-state index in [9.17, 15) is 9.59 Å². The number of thiazole rings is 1. The fourth-order valence-electron chi connectivity index (χ4n) is 1.32. The van der Waals surface area contributed by atoms with Crippen molar-refractivity contribution in [3.8, 4) is 0 Å². The Balaban J connectivity index is 2.75. The molecule has 1 aromatic rings. The lowest BCUT2D eigenvalue weighted by Crippen LogP contribution is -2.43. The number of amides is 2. The number of carbonyl (C=O) groups excluding carboxylic acids is 1. The average Bonchev–Trinajstić information content (AvgIpc) is 2.53. The molecule has 0 saturated heterocycles. The quantitative estimate of drug-likeness (QED) is 0.878. The van der Waals surface area contributed by atoms with Crippen LogP contribution in [-0.4, -0.2) is 39.6 Å². The highest BCUT2D eigenvalue weighted by molar-refractivity contribution is 7.15. The minimum Gasteiger partial charge on any atom is -0.480 e. The summed E-state index contributed by atoms with van der Waals surface area (Å²) in [5.74, 6) is -1.04. The summed E-state index contributed by atoms with van der Waals surface area (Å²) < 4.78 is 0. The van der Waals surface area contributed by atoms with Crippen LogP contribution in [0.2, 0.25) is 0 Å². The van der Waals surface area contributed by atoms with Crippen molar-refractivity contribution in [3.05, 3.63) is 10.6 Å². The Labute approximate surface area is 110 Å². The Hall–Kier alpha value is -1.63. The molecule has 0 aliphatic heterocycles. The molecule has 0 spiro atoms. The first kappa shape index (κ1) is 14.4. The highest BCUT2D eigenvalue weighted by Gasteiger charge is 2.20. The monoisotopic (exact) mass is 271 g/mol. The number of carboxylic acid groups (broad SMARTS) is 1. The Morgan fingerprint density at radius 1 is 1.44 bits per heavy atom. The molecule has 18 heavy (non-hydrogen) atoms. The van der Waals surface area contributed by atoms with Gasteiger partial charge in [0.15, 0.2) is 5.13 Å². The van der Waals surface area contributed by atoms with E-state index in [1.807, 2.05) is 13.8 Å². The van der Waals surface area contributed by atoms with Gasteiger partial charge in [0.1, 0.15) is 6.54 Å². The van der Waals surface area contributed by atoms with Crippen LogP contribution < -0.4 is 5.32 Å². The molecule has 1 heterocycles. The van der Waals surface area contributed by atoms with E-state index >= 15 is 0 Å². The molecule has 6 nitrogen and oxygen atoms in total. The van der Waals surface area contributed by atoms with Crippen LogP contribution in [0.1, 0.15) is 24.4 Å². The molecule has 100 valence electrons. The number of hydrogen-bond acceptors (Lipinski definition) is 4. The van der Waals surface area contributed by atoms with E-state index in [1.54, 1.807) is 13.8 Å². The van der Waals surface area contributed by atoms with Crippen molar-refractivity contribution in [2.45, 2.75) is 33.7 Å². The summed E-state index contributed by atoms with van der Waals surface area (Å²) in [7, 11) is 0. The second kappa shape index (κ2) is 5.81. The zero-order valence-corrected chi connectivity index (χ0v) is 11.7. The number of carboxylic acids is 1. The molecule has 7 heteroatoms.